The predicted molar refractivity (Wildman–Crippen MR) is 86.0 cm³/mol. The summed E-state index contributed by atoms with van der Waals surface area (Å²) in [5.74, 6) is 0.942. The molecule has 19 heavy (non-hydrogen) atoms. The van der Waals surface area contributed by atoms with Crippen molar-refractivity contribution in [3.63, 3.8) is 0 Å². The smallest absolute Gasteiger partial charge is 0.133 e. The first-order valence-corrected chi connectivity index (χ1v) is 8.19. The molecule has 1 rings (SSSR count). The zero-order valence-corrected chi connectivity index (χ0v) is 13.8. The van der Waals surface area contributed by atoms with Gasteiger partial charge in [0.25, 0.3) is 0 Å². The second-order valence-electron chi connectivity index (χ2n) is 4.72. The van der Waals surface area contributed by atoms with E-state index in [4.69, 9.17) is 4.74 Å². The van der Waals surface area contributed by atoms with E-state index in [1.807, 2.05) is 6.92 Å². The fourth-order valence-corrected chi connectivity index (χ4v) is 2.62. The van der Waals surface area contributed by atoms with Gasteiger partial charge in [-0.2, -0.15) is 0 Å². The summed E-state index contributed by atoms with van der Waals surface area (Å²) in [6.45, 7) is 7.12. The fourth-order valence-electron chi connectivity index (χ4n) is 2.08. The van der Waals surface area contributed by atoms with Crippen LogP contribution in [0.4, 0.5) is 0 Å². The topological polar surface area (TPSA) is 21.3 Å². The number of nitrogens with one attached hydrogen (secondary N) is 1. The van der Waals surface area contributed by atoms with Gasteiger partial charge < -0.3 is 10.1 Å². The standard InChI is InChI=1S/C16H26BrNO/c1-3-18-12-8-6-5-7-9-14-10-11-16(19-4-2)15(17)13-14/h10-11,13,18H,3-9,12H2,1-2H3. The highest BCUT2D eigenvalue weighted by Crippen LogP contribution is 2.26. The SMILES string of the molecule is CCNCCCCCCc1ccc(OCC)c(Br)c1. The molecule has 1 aromatic carbocycles. The lowest BCUT2D eigenvalue weighted by Gasteiger charge is -2.08. The molecule has 0 spiro atoms. The van der Waals surface area contributed by atoms with Crippen LogP contribution in [0.3, 0.4) is 0 Å². The Morgan fingerprint density at radius 2 is 1.89 bits per heavy atom. The third-order valence-corrected chi connectivity index (χ3v) is 3.73. The minimum absolute atomic E-state index is 0.712. The summed E-state index contributed by atoms with van der Waals surface area (Å²) in [5, 5.41) is 3.36. The van der Waals surface area contributed by atoms with E-state index in [-0.39, 0.29) is 0 Å². The van der Waals surface area contributed by atoms with E-state index >= 15 is 0 Å². The monoisotopic (exact) mass is 327 g/mol. The van der Waals surface area contributed by atoms with Gasteiger partial charge in [0.2, 0.25) is 0 Å². The van der Waals surface area contributed by atoms with Crippen molar-refractivity contribution in [1.82, 2.24) is 5.32 Å². The summed E-state index contributed by atoms with van der Waals surface area (Å²) >= 11 is 3.57. The van der Waals surface area contributed by atoms with Gasteiger partial charge >= 0.3 is 0 Å². The summed E-state index contributed by atoms with van der Waals surface area (Å²) in [4.78, 5) is 0. The van der Waals surface area contributed by atoms with Crippen LogP contribution >= 0.6 is 15.9 Å². The Balaban J connectivity index is 2.20. The molecule has 0 unspecified atom stereocenters. The highest BCUT2D eigenvalue weighted by Gasteiger charge is 2.02. The minimum Gasteiger partial charge on any atom is -0.493 e. The lowest BCUT2D eigenvalue weighted by atomic mass is 10.1. The first kappa shape index (κ1) is 16.5. The molecule has 0 aliphatic heterocycles. The van der Waals surface area contributed by atoms with Crippen molar-refractivity contribution in [2.75, 3.05) is 19.7 Å². The summed E-state index contributed by atoms with van der Waals surface area (Å²) in [6, 6.07) is 6.42. The largest absolute Gasteiger partial charge is 0.493 e. The lowest BCUT2D eigenvalue weighted by Crippen LogP contribution is -2.13. The highest BCUT2D eigenvalue weighted by atomic mass is 79.9. The van der Waals surface area contributed by atoms with Gasteiger partial charge in [-0.15, -0.1) is 0 Å². The maximum absolute atomic E-state index is 5.52. The average molecular weight is 328 g/mol. The number of ether oxygens (including phenoxy) is 1. The van der Waals surface area contributed by atoms with Gasteiger partial charge in [0.1, 0.15) is 5.75 Å². The number of halogens is 1. The zero-order valence-electron chi connectivity index (χ0n) is 12.2. The van der Waals surface area contributed by atoms with E-state index in [1.54, 1.807) is 0 Å². The molecule has 0 saturated carbocycles. The molecule has 0 bridgehead atoms. The molecule has 1 N–H and O–H groups in total. The molecule has 0 atom stereocenters. The van der Waals surface area contributed by atoms with Gasteiger partial charge in [0, 0.05) is 0 Å². The first-order chi connectivity index (χ1) is 9.27. The third kappa shape index (κ3) is 6.98. The lowest BCUT2D eigenvalue weighted by molar-refractivity contribution is 0.338. The van der Waals surface area contributed by atoms with Crippen molar-refractivity contribution in [2.24, 2.45) is 0 Å². The molecule has 0 heterocycles. The molecule has 108 valence electrons. The van der Waals surface area contributed by atoms with Gasteiger partial charge in [-0.25, -0.2) is 0 Å². The molecule has 0 aliphatic rings. The summed E-state index contributed by atoms with van der Waals surface area (Å²) in [7, 11) is 0. The average Bonchev–Trinajstić information content (AvgIpc) is 2.41. The van der Waals surface area contributed by atoms with E-state index in [1.165, 1.54) is 31.2 Å². The quantitative estimate of drug-likeness (QED) is 0.636. The number of unbranched alkanes of at least 4 members (excludes halogenated alkanes) is 3. The van der Waals surface area contributed by atoms with Crippen molar-refractivity contribution in [3.8, 4) is 5.75 Å². The molecular formula is C16H26BrNO. The number of hydrogen-bond donors (Lipinski definition) is 1. The van der Waals surface area contributed by atoms with Crippen LogP contribution in [0.25, 0.3) is 0 Å². The zero-order chi connectivity index (χ0) is 13.9. The maximum Gasteiger partial charge on any atom is 0.133 e. The fraction of sp³-hybridized carbons (Fsp3) is 0.625. The maximum atomic E-state index is 5.52. The van der Waals surface area contributed by atoms with Crippen molar-refractivity contribution in [3.05, 3.63) is 28.2 Å². The Morgan fingerprint density at radius 3 is 2.58 bits per heavy atom. The molecule has 1 aromatic rings. The number of hydrogen-bond acceptors (Lipinski definition) is 2. The van der Waals surface area contributed by atoms with Crippen LogP contribution in [-0.2, 0) is 6.42 Å². The van der Waals surface area contributed by atoms with Gasteiger partial charge in [-0.3, -0.25) is 0 Å². The van der Waals surface area contributed by atoms with Crippen LogP contribution in [0.1, 0.15) is 45.1 Å². The predicted octanol–water partition coefficient (Wildman–Crippen LogP) is 4.56. The van der Waals surface area contributed by atoms with Crippen LogP contribution in [0, 0.1) is 0 Å². The normalized spacial score (nSPS) is 10.7. The third-order valence-electron chi connectivity index (χ3n) is 3.12. The molecule has 0 amide bonds. The molecule has 0 aromatic heterocycles. The molecule has 0 radical (unpaired) electrons. The van der Waals surface area contributed by atoms with Crippen molar-refractivity contribution >= 4 is 15.9 Å². The van der Waals surface area contributed by atoms with E-state index in [2.05, 4.69) is 46.4 Å². The Kier molecular flexibility index (Phi) is 8.93. The number of aryl methyl sites for hydroxylation is 1. The van der Waals surface area contributed by atoms with E-state index in [0.717, 1.165) is 29.7 Å². The van der Waals surface area contributed by atoms with Crippen LogP contribution in [0.5, 0.6) is 5.75 Å². The second-order valence-corrected chi connectivity index (χ2v) is 5.57. The van der Waals surface area contributed by atoms with Crippen LogP contribution in [0.2, 0.25) is 0 Å². The minimum atomic E-state index is 0.712. The number of rotatable bonds is 10. The van der Waals surface area contributed by atoms with E-state index in [9.17, 15) is 0 Å². The van der Waals surface area contributed by atoms with Gasteiger partial charge in [0.15, 0.2) is 0 Å². The Bertz CT molecular complexity index is 355. The Labute approximate surface area is 126 Å². The molecule has 0 aliphatic carbocycles. The second kappa shape index (κ2) is 10.3. The van der Waals surface area contributed by atoms with E-state index < -0.39 is 0 Å². The summed E-state index contributed by atoms with van der Waals surface area (Å²) in [6.07, 6.45) is 6.36. The molecule has 2 nitrogen and oxygen atoms in total. The molecule has 3 heteroatoms. The summed E-state index contributed by atoms with van der Waals surface area (Å²) < 4.78 is 6.59. The van der Waals surface area contributed by atoms with Gasteiger partial charge in [0.05, 0.1) is 11.1 Å². The molecule has 0 saturated heterocycles. The van der Waals surface area contributed by atoms with Crippen molar-refractivity contribution < 1.29 is 4.74 Å². The Morgan fingerprint density at radius 1 is 1.11 bits per heavy atom. The molecular weight excluding hydrogens is 302 g/mol. The van der Waals surface area contributed by atoms with Crippen LogP contribution < -0.4 is 10.1 Å². The van der Waals surface area contributed by atoms with Crippen molar-refractivity contribution in [1.29, 1.82) is 0 Å². The Hall–Kier alpha value is -0.540. The van der Waals surface area contributed by atoms with Crippen LogP contribution in [0.15, 0.2) is 22.7 Å². The highest BCUT2D eigenvalue weighted by molar-refractivity contribution is 9.10. The van der Waals surface area contributed by atoms with Crippen LogP contribution in [-0.4, -0.2) is 19.7 Å². The number of benzene rings is 1. The summed E-state index contributed by atoms with van der Waals surface area (Å²) in [5.41, 5.74) is 1.39. The molecule has 0 fully saturated rings. The first-order valence-electron chi connectivity index (χ1n) is 7.39. The van der Waals surface area contributed by atoms with Crippen molar-refractivity contribution in [2.45, 2.75) is 46.0 Å². The van der Waals surface area contributed by atoms with Gasteiger partial charge in [-0.05, 0) is 72.9 Å². The van der Waals surface area contributed by atoms with Gasteiger partial charge in [-0.1, -0.05) is 25.8 Å². The van der Waals surface area contributed by atoms with E-state index in [0.29, 0.717) is 6.61 Å².